The van der Waals surface area contributed by atoms with Gasteiger partial charge >= 0.3 is 0 Å². The summed E-state index contributed by atoms with van der Waals surface area (Å²) >= 11 is 0. The van der Waals surface area contributed by atoms with Crippen LogP contribution in [0.1, 0.15) is 17.2 Å². The average molecular weight is 153 g/mol. The van der Waals surface area contributed by atoms with E-state index in [4.69, 9.17) is 5.11 Å². The summed E-state index contributed by atoms with van der Waals surface area (Å²) in [5.41, 5.74) is 1.64. The van der Waals surface area contributed by atoms with E-state index in [-0.39, 0.29) is 6.61 Å². The van der Waals surface area contributed by atoms with E-state index in [1.54, 1.807) is 18.5 Å². The molecule has 0 radical (unpaired) electrons. The predicted octanol–water partition coefficient (Wildman–Crippen LogP) is 0.416. The lowest BCUT2D eigenvalue weighted by Gasteiger charge is -2.08. The van der Waals surface area contributed by atoms with Gasteiger partial charge in [0.05, 0.1) is 6.61 Å². The van der Waals surface area contributed by atoms with E-state index < -0.39 is 6.10 Å². The minimum absolute atomic E-state index is 0.257. The third kappa shape index (κ3) is 1.76. The van der Waals surface area contributed by atoms with Gasteiger partial charge in [0, 0.05) is 18.0 Å². The maximum Gasteiger partial charge on any atom is 0.104 e. The molecule has 2 N–H and O–H groups in total. The summed E-state index contributed by atoms with van der Waals surface area (Å²) in [6.45, 7) is 1.61. The van der Waals surface area contributed by atoms with Crippen LogP contribution in [0.5, 0.6) is 0 Å². The van der Waals surface area contributed by atoms with Gasteiger partial charge in [0.25, 0.3) is 0 Å². The van der Waals surface area contributed by atoms with Crippen molar-refractivity contribution in [2.45, 2.75) is 13.0 Å². The van der Waals surface area contributed by atoms with E-state index in [1.165, 1.54) is 0 Å². The van der Waals surface area contributed by atoms with E-state index in [0.717, 1.165) is 5.56 Å². The normalized spacial score (nSPS) is 13.0. The van der Waals surface area contributed by atoms with Crippen LogP contribution in [0.4, 0.5) is 0 Å². The van der Waals surface area contributed by atoms with Crippen LogP contribution in [0, 0.1) is 6.92 Å². The summed E-state index contributed by atoms with van der Waals surface area (Å²) in [7, 11) is 0. The van der Waals surface area contributed by atoms with Gasteiger partial charge in [-0.3, -0.25) is 4.98 Å². The van der Waals surface area contributed by atoms with Crippen molar-refractivity contribution < 1.29 is 10.2 Å². The second-order valence-electron chi connectivity index (χ2n) is 2.43. The third-order valence-corrected chi connectivity index (χ3v) is 1.61. The molecule has 0 saturated heterocycles. The van der Waals surface area contributed by atoms with Gasteiger partial charge in [-0.15, -0.1) is 0 Å². The first-order valence-corrected chi connectivity index (χ1v) is 3.45. The third-order valence-electron chi connectivity index (χ3n) is 1.61. The Morgan fingerprint density at radius 2 is 2.36 bits per heavy atom. The Labute approximate surface area is 65.3 Å². The largest absolute Gasteiger partial charge is 0.393 e. The number of aryl methyl sites for hydroxylation is 1. The van der Waals surface area contributed by atoms with E-state index >= 15 is 0 Å². The molecule has 0 fully saturated rings. The quantitative estimate of drug-likeness (QED) is 0.647. The lowest BCUT2D eigenvalue weighted by molar-refractivity contribution is 0.0948. The molecule has 0 aliphatic heterocycles. The van der Waals surface area contributed by atoms with Crippen molar-refractivity contribution in [1.29, 1.82) is 0 Å². The fourth-order valence-corrected chi connectivity index (χ4v) is 0.923. The molecule has 0 bridgehead atoms. The van der Waals surface area contributed by atoms with E-state index in [0.29, 0.717) is 5.56 Å². The van der Waals surface area contributed by atoms with Crippen LogP contribution in [-0.2, 0) is 0 Å². The van der Waals surface area contributed by atoms with Crippen molar-refractivity contribution >= 4 is 0 Å². The molecule has 1 aromatic rings. The molecule has 3 nitrogen and oxygen atoms in total. The second kappa shape index (κ2) is 3.46. The van der Waals surface area contributed by atoms with Crippen LogP contribution in [0.15, 0.2) is 18.5 Å². The van der Waals surface area contributed by atoms with Gasteiger partial charge < -0.3 is 10.2 Å². The Morgan fingerprint density at radius 3 is 2.91 bits per heavy atom. The first-order chi connectivity index (χ1) is 5.25. The number of rotatable bonds is 2. The van der Waals surface area contributed by atoms with Gasteiger partial charge in [0.2, 0.25) is 0 Å². The molecule has 0 aliphatic carbocycles. The summed E-state index contributed by atoms with van der Waals surface area (Å²) < 4.78 is 0. The maximum atomic E-state index is 9.22. The number of aliphatic hydroxyl groups excluding tert-OH is 2. The molecule has 1 atom stereocenters. The predicted molar refractivity (Wildman–Crippen MR) is 41.0 cm³/mol. The van der Waals surface area contributed by atoms with Gasteiger partial charge in [0.1, 0.15) is 6.10 Å². The van der Waals surface area contributed by atoms with Gasteiger partial charge in [-0.2, -0.15) is 0 Å². The van der Waals surface area contributed by atoms with Gasteiger partial charge in [-0.25, -0.2) is 0 Å². The van der Waals surface area contributed by atoms with Crippen molar-refractivity contribution in [2.75, 3.05) is 6.61 Å². The average Bonchev–Trinajstić information content (AvgIpc) is 2.04. The molecular weight excluding hydrogens is 142 g/mol. The zero-order valence-corrected chi connectivity index (χ0v) is 6.36. The Hall–Kier alpha value is -0.930. The van der Waals surface area contributed by atoms with Crippen LogP contribution >= 0.6 is 0 Å². The SMILES string of the molecule is Cc1ccncc1C(O)CO. The summed E-state index contributed by atoms with van der Waals surface area (Å²) in [6.07, 6.45) is 2.42. The van der Waals surface area contributed by atoms with Gasteiger partial charge in [0.15, 0.2) is 0 Å². The van der Waals surface area contributed by atoms with Crippen molar-refractivity contribution in [1.82, 2.24) is 4.98 Å². The second-order valence-corrected chi connectivity index (χ2v) is 2.43. The summed E-state index contributed by atoms with van der Waals surface area (Å²) in [5.74, 6) is 0. The standard InChI is InChI=1S/C8H11NO2/c1-6-2-3-9-4-7(6)8(11)5-10/h2-4,8,10-11H,5H2,1H3. The maximum absolute atomic E-state index is 9.22. The number of nitrogens with zero attached hydrogens (tertiary/aromatic N) is 1. The fourth-order valence-electron chi connectivity index (χ4n) is 0.923. The number of hydrogen-bond acceptors (Lipinski definition) is 3. The van der Waals surface area contributed by atoms with Crippen LogP contribution in [0.2, 0.25) is 0 Å². The first-order valence-electron chi connectivity index (χ1n) is 3.45. The fraction of sp³-hybridized carbons (Fsp3) is 0.375. The first kappa shape index (κ1) is 8.17. The van der Waals surface area contributed by atoms with Crippen LogP contribution in [-0.4, -0.2) is 21.8 Å². The molecule has 0 amide bonds. The Morgan fingerprint density at radius 1 is 1.64 bits per heavy atom. The molecule has 3 heteroatoms. The van der Waals surface area contributed by atoms with Crippen molar-refractivity contribution in [3.63, 3.8) is 0 Å². The van der Waals surface area contributed by atoms with E-state index in [1.807, 2.05) is 6.92 Å². The van der Waals surface area contributed by atoms with Crippen molar-refractivity contribution in [2.24, 2.45) is 0 Å². The monoisotopic (exact) mass is 153 g/mol. The molecule has 0 aromatic carbocycles. The molecule has 1 unspecified atom stereocenters. The van der Waals surface area contributed by atoms with Crippen LogP contribution < -0.4 is 0 Å². The van der Waals surface area contributed by atoms with Crippen molar-refractivity contribution in [3.8, 4) is 0 Å². The molecule has 0 saturated carbocycles. The molecule has 1 rings (SSSR count). The highest BCUT2D eigenvalue weighted by atomic mass is 16.3. The van der Waals surface area contributed by atoms with Gasteiger partial charge in [-0.1, -0.05) is 0 Å². The zero-order chi connectivity index (χ0) is 8.27. The lowest BCUT2D eigenvalue weighted by Crippen LogP contribution is -2.04. The minimum atomic E-state index is -0.802. The van der Waals surface area contributed by atoms with Gasteiger partial charge in [-0.05, 0) is 18.6 Å². The zero-order valence-electron chi connectivity index (χ0n) is 6.36. The van der Waals surface area contributed by atoms with Crippen LogP contribution in [0.25, 0.3) is 0 Å². The van der Waals surface area contributed by atoms with Crippen LogP contribution in [0.3, 0.4) is 0 Å². The molecule has 1 aromatic heterocycles. The topological polar surface area (TPSA) is 53.4 Å². The number of hydrogen-bond donors (Lipinski definition) is 2. The molecule has 60 valence electrons. The Bertz CT molecular complexity index is 237. The highest BCUT2D eigenvalue weighted by Gasteiger charge is 2.07. The number of aliphatic hydroxyl groups is 2. The van der Waals surface area contributed by atoms with E-state index in [2.05, 4.69) is 4.98 Å². The highest BCUT2D eigenvalue weighted by molar-refractivity contribution is 5.23. The molecule has 11 heavy (non-hydrogen) atoms. The molecule has 0 aliphatic rings. The summed E-state index contributed by atoms with van der Waals surface area (Å²) in [4.78, 5) is 3.84. The summed E-state index contributed by atoms with van der Waals surface area (Å²) in [6, 6.07) is 1.80. The Kier molecular flexibility index (Phi) is 2.57. The summed E-state index contributed by atoms with van der Waals surface area (Å²) in [5, 5.41) is 17.9. The number of pyridine rings is 1. The van der Waals surface area contributed by atoms with E-state index in [9.17, 15) is 5.11 Å². The molecule has 1 heterocycles. The molecular formula is C8H11NO2. The number of aromatic nitrogens is 1. The Balaban J connectivity index is 2.93. The lowest BCUT2D eigenvalue weighted by atomic mass is 10.1. The minimum Gasteiger partial charge on any atom is -0.393 e. The van der Waals surface area contributed by atoms with Crippen molar-refractivity contribution in [3.05, 3.63) is 29.6 Å². The highest BCUT2D eigenvalue weighted by Crippen LogP contribution is 2.14. The molecule has 0 spiro atoms. The smallest absolute Gasteiger partial charge is 0.104 e.